The second-order valence-electron chi connectivity index (χ2n) is 8.78. The van der Waals surface area contributed by atoms with Crippen LogP contribution in [0.4, 0.5) is 5.69 Å². The fraction of sp³-hybridized carbons (Fsp3) is 0.400. The zero-order chi connectivity index (χ0) is 20.8. The van der Waals surface area contributed by atoms with E-state index in [1.165, 1.54) is 5.56 Å². The lowest BCUT2D eigenvalue weighted by atomic mass is 9.68. The molecule has 2 aromatic carbocycles. The first-order chi connectivity index (χ1) is 13.9. The minimum absolute atomic E-state index is 0.0480. The Balaban J connectivity index is 1.93. The summed E-state index contributed by atoms with van der Waals surface area (Å²) in [5.74, 6) is 1.49. The second-order valence-corrected chi connectivity index (χ2v) is 8.78. The summed E-state index contributed by atoms with van der Waals surface area (Å²) in [6, 6.07) is 12.6. The number of hydrogen-bond acceptors (Lipinski definition) is 4. The van der Waals surface area contributed by atoms with Crippen molar-refractivity contribution < 1.29 is 14.3 Å². The molecule has 0 fully saturated rings. The van der Waals surface area contributed by atoms with Gasteiger partial charge in [-0.1, -0.05) is 45.0 Å². The van der Waals surface area contributed by atoms with Crippen molar-refractivity contribution in [1.82, 2.24) is 0 Å². The normalized spacial score (nSPS) is 19.9. The van der Waals surface area contributed by atoms with Crippen molar-refractivity contribution >= 4 is 11.5 Å². The van der Waals surface area contributed by atoms with Crippen molar-refractivity contribution in [1.29, 1.82) is 0 Å². The SMILES string of the molecule is CCc1ccc([C@H]2C3=C(CC(C)(C)CC3=O)Nc3cc(OC)c(OC)cc32)cc1. The number of allylic oxidation sites excluding steroid dienone is 2. The van der Waals surface area contributed by atoms with Gasteiger partial charge in [0.1, 0.15) is 0 Å². The molecule has 152 valence electrons. The standard InChI is InChI=1S/C25H29NO3/c1-6-15-7-9-16(10-8-15)23-17-11-21(28-4)22(29-5)12-18(17)26-19-13-25(2,3)14-20(27)24(19)23/h7-12,23,26H,6,13-14H2,1-5H3/t23-/m1/s1. The Morgan fingerprint density at radius 3 is 2.31 bits per heavy atom. The highest BCUT2D eigenvalue weighted by Gasteiger charge is 2.41. The summed E-state index contributed by atoms with van der Waals surface area (Å²) in [5, 5.41) is 3.56. The van der Waals surface area contributed by atoms with Crippen LogP contribution in [0.3, 0.4) is 0 Å². The van der Waals surface area contributed by atoms with Gasteiger partial charge >= 0.3 is 0 Å². The first-order valence-electron chi connectivity index (χ1n) is 10.2. The van der Waals surface area contributed by atoms with Gasteiger partial charge in [0.15, 0.2) is 17.3 Å². The van der Waals surface area contributed by atoms with Crippen molar-refractivity contribution in [2.45, 2.75) is 46.0 Å². The molecule has 1 aliphatic carbocycles. The molecule has 0 bridgehead atoms. The van der Waals surface area contributed by atoms with E-state index in [0.29, 0.717) is 17.9 Å². The van der Waals surface area contributed by atoms with Crippen LogP contribution in [-0.4, -0.2) is 20.0 Å². The number of Topliss-reactive ketones (excluding diaryl/α,β-unsaturated/α-hetero) is 1. The average molecular weight is 392 g/mol. The fourth-order valence-electron chi connectivity index (χ4n) is 4.63. The third-order valence-corrected chi connectivity index (χ3v) is 6.08. The van der Waals surface area contributed by atoms with Crippen LogP contribution < -0.4 is 14.8 Å². The summed E-state index contributed by atoms with van der Waals surface area (Å²) in [6.07, 6.45) is 2.42. The molecule has 4 nitrogen and oxygen atoms in total. The minimum atomic E-state index is -0.101. The quantitative estimate of drug-likeness (QED) is 0.751. The number of ketones is 1. The molecule has 1 atom stereocenters. The molecule has 2 aromatic rings. The molecule has 1 aliphatic heterocycles. The highest BCUT2D eigenvalue weighted by Crippen LogP contribution is 2.51. The van der Waals surface area contributed by atoms with Crippen LogP contribution in [0, 0.1) is 5.41 Å². The molecule has 1 heterocycles. The van der Waals surface area contributed by atoms with E-state index in [9.17, 15) is 4.79 Å². The molecule has 1 N–H and O–H groups in total. The predicted molar refractivity (Wildman–Crippen MR) is 116 cm³/mol. The van der Waals surface area contributed by atoms with Crippen LogP contribution in [0.15, 0.2) is 47.7 Å². The number of nitrogens with one attached hydrogen (secondary N) is 1. The first kappa shape index (κ1) is 19.6. The van der Waals surface area contributed by atoms with Gasteiger partial charge in [0.05, 0.1) is 14.2 Å². The third kappa shape index (κ3) is 3.41. The van der Waals surface area contributed by atoms with E-state index in [0.717, 1.165) is 40.9 Å². The number of hydrogen-bond donors (Lipinski definition) is 1. The Morgan fingerprint density at radius 1 is 1.03 bits per heavy atom. The van der Waals surface area contributed by atoms with Gasteiger partial charge < -0.3 is 14.8 Å². The first-order valence-corrected chi connectivity index (χ1v) is 10.2. The minimum Gasteiger partial charge on any atom is -0.493 e. The van der Waals surface area contributed by atoms with E-state index >= 15 is 0 Å². The predicted octanol–water partition coefficient (Wildman–Crippen LogP) is 5.47. The molecule has 0 radical (unpaired) electrons. The van der Waals surface area contributed by atoms with Crippen LogP contribution >= 0.6 is 0 Å². The summed E-state index contributed by atoms with van der Waals surface area (Å²) in [5.41, 5.74) is 6.35. The van der Waals surface area contributed by atoms with Crippen LogP contribution in [0.25, 0.3) is 0 Å². The van der Waals surface area contributed by atoms with E-state index < -0.39 is 0 Å². The number of ether oxygens (including phenoxy) is 2. The molecule has 0 unspecified atom stereocenters. The lowest BCUT2D eigenvalue weighted by Gasteiger charge is -2.39. The number of rotatable bonds is 4. The molecule has 2 aliphatic rings. The number of aryl methyl sites for hydroxylation is 1. The Hall–Kier alpha value is -2.75. The molecule has 29 heavy (non-hydrogen) atoms. The molecule has 0 spiro atoms. The van der Waals surface area contributed by atoms with Crippen LogP contribution in [0.1, 0.15) is 56.2 Å². The number of carbonyl (C=O) groups excluding carboxylic acids is 1. The number of carbonyl (C=O) groups is 1. The average Bonchev–Trinajstić information content (AvgIpc) is 2.70. The fourth-order valence-corrected chi connectivity index (χ4v) is 4.63. The van der Waals surface area contributed by atoms with E-state index in [1.54, 1.807) is 14.2 Å². The van der Waals surface area contributed by atoms with Gasteiger partial charge in [0.2, 0.25) is 0 Å². The van der Waals surface area contributed by atoms with E-state index in [-0.39, 0.29) is 17.1 Å². The number of benzene rings is 2. The molecule has 4 heteroatoms. The largest absolute Gasteiger partial charge is 0.493 e. The van der Waals surface area contributed by atoms with Gasteiger partial charge in [-0.2, -0.15) is 0 Å². The van der Waals surface area contributed by atoms with E-state index in [2.05, 4.69) is 50.4 Å². The zero-order valence-electron chi connectivity index (χ0n) is 17.9. The lowest BCUT2D eigenvalue weighted by Crippen LogP contribution is -2.33. The molecule has 0 aromatic heterocycles. The van der Waals surface area contributed by atoms with Crippen LogP contribution in [0.5, 0.6) is 11.5 Å². The maximum Gasteiger partial charge on any atom is 0.162 e. The summed E-state index contributed by atoms with van der Waals surface area (Å²) in [6.45, 7) is 6.47. The molecular formula is C25H29NO3. The summed E-state index contributed by atoms with van der Waals surface area (Å²) >= 11 is 0. The highest BCUT2D eigenvalue weighted by molar-refractivity contribution is 6.01. The Morgan fingerprint density at radius 2 is 1.69 bits per heavy atom. The van der Waals surface area contributed by atoms with Gasteiger partial charge in [0.25, 0.3) is 0 Å². The van der Waals surface area contributed by atoms with E-state index in [1.807, 2.05) is 12.1 Å². The van der Waals surface area contributed by atoms with Crippen molar-refractivity contribution in [2.75, 3.05) is 19.5 Å². The smallest absolute Gasteiger partial charge is 0.162 e. The second kappa shape index (κ2) is 7.25. The molecule has 0 saturated heterocycles. The molecule has 0 saturated carbocycles. The van der Waals surface area contributed by atoms with Crippen LogP contribution in [0.2, 0.25) is 0 Å². The molecular weight excluding hydrogens is 362 g/mol. The van der Waals surface area contributed by atoms with Crippen molar-refractivity contribution in [3.63, 3.8) is 0 Å². The van der Waals surface area contributed by atoms with Gasteiger partial charge in [-0.3, -0.25) is 4.79 Å². The highest BCUT2D eigenvalue weighted by atomic mass is 16.5. The van der Waals surface area contributed by atoms with Gasteiger partial charge in [-0.25, -0.2) is 0 Å². The van der Waals surface area contributed by atoms with Crippen molar-refractivity contribution in [3.8, 4) is 11.5 Å². The third-order valence-electron chi connectivity index (χ3n) is 6.08. The number of methoxy groups -OCH3 is 2. The zero-order valence-corrected chi connectivity index (χ0v) is 17.9. The monoisotopic (exact) mass is 391 g/mol. The Labute approximate surface area is 172 Å². The topological polar surface area (TPSA) is 47.6 Å². The van der Waals surface area contributed by atoms with Gasteiger partial charge in [-0.15, -0.1) is 0 Å². The molecule has 0 amide bonds. The van der Waals surface area contributed by atoms with Crippen molar-refractivity contribution in [2.24, 2.45) is 5.41 Å². The van der Waals surface area contributed by atoms with Crippen LogP contribution in [-0.2, 0) is 11.2 Å². The lowest BCUT2D eigenvalue weighted by molar-refractivity contribution is -0.118. The molecule has 4 rings (SSSR count). The summed E-state index contributed by atoms with van der Waals surface area (Å²) in [4.78, 5) is 13.3. The summed E-state index contributed by atoms with van der Waals surface area (Å²) < 4.78 is 11.1. The van der Waals surface area contributed by atoms with Gasteiger partial charge in [0, 0.05) is 35.4 Å². The number of fused-ring (bicyclic) bond motifs is 1. The maximum atomic E-state index is 13.3. The van der Waals surface area contributed by atoms with Gasteiger partial charge in [-0.05, 0) is 41.0 Å². The Bertz CT molecular complexity index is 986. The summed E-state index contributed by atoms with van der Waals surface area (Å²) in [7, 11) is 3.29. The van der Waals surface area contributed by atoms with E-state index in [4.69, 9.17) is 9.47 Å². The van der Waals surface area contributed by atoms with Crippen molar-refractivity contribution in [3.05, 3.63) is 64.4 Å². The maximum absolute atomic E-state index is 13.3. The Kier molecular flexibility index (Phi) is 4.89. The number of anilines is 1.